The van der Waals surface area contributed by atoms with Gasteiger partial charge in [0.15, 0.2) is 23.2 Å². The summed E-state index contributed by atoms with van der Waals surface area (Å²) in [7, 11) is -9.23. The molecule has 7 N–H and O–H groups in total. The van der Waals surface area contributed by atoms with Crippen molar-refractivity contribution in [3.05, 3.63) is 65.2 Å². The van der Waals surface area contributed by atoms with Gasteiger partial charge in [0, 0.05) is 12.2 Å². The van der Waals surface area contributed by atoms with Crippen LogP contribution in [0.15, 0.2) is 48.8 Å². The van der Waals surface area contributed by atoms with Crippen LogP contribution in [0.2, 0.25) is 5.28 Å². The number of hydrogen-bond donors (Lipinski definition) is 7. The quantitative estimate of drug-likeness (QED) is 0.0979. The highest BCUT2D eigenvalue weighted by Crippen LogP contribution is 2.52. The van der Waals surface area contributed by atoms with Crippen molar-refractivity contribution in [3.8, 4) is 11.1 Å². The fourth-order valence-electron chi connectivity index (χ4n) is 5.16. The number of nitrogens with zero attached hydrogens (tertiary/aromatic N) is 4. The van der Waals surface area contributed by atoms with Crippen molar-refractivity contribution < 1.29 is 38.8 Å². The Morgan fingerprint density at radius 1 is 1.02 bits per heavy atom. The highest BCUT2D eigenvalue weighted by atomic mass is 35.5. The maximum absolute atomic E-state index is 12.1. The van der Waals surface area contributed by atoms with E-state index in [4.69, 9.17) is 26.1 Å². The molecular weight excluding hydrogens is 598 g/mol. The van der Waals surface area contributed by atoms with Gasteiger partial charge in [-0.2, -0.15) is 9.97 Å². The molecule has 41 heavy (non-hydrogen) atoms. The third kappa shape index (κ3) is 5.69. The number of aliphatic hydroxyl groups excluding tert-OH is 2. The summed E-state index contributed by atoms with van der Waals surface area (Å²) in [4.78, 5) is 40.7. The highest BCUT2D eigenvalue weighted by molar-refractivity contribution is 7.71. The van der Waals surface area contributed by atoms with E-state index in [9.17, 15) is 24.2 Å². The Morgan fingerprint density at radius 3 is 2.56 bits per heavy atom. The minimum Gasteiger partial charge on any atom is -0.387 e. The fraction of sp³-hybridized carbons (Fsp3) is 0.292. The Labute approximate surface area is 237 Å². The molecular formula is C24H25ClN6O8P2. The topological polar surface area (TPSA) is 212 Å². The molecule has 3 heterocycles. The lowest BCUT2D eigenvalue weighted by atomic mass is 10.1. The summed E-state index contributed by atoms with van der Waals surface area (Å²) in [5, 5.41) is 26.5. The van der Waals surface area contributed by atoms with Crippen LogP contribution in [0.1, 0.15) is 17.4 Å². The van der Waals surface area contributed by atoms with Crippen LogP contribution >= 0.6 is 26.7 Å². The zero-order valence-electron chi connectivity index (χ0n) is 21.1. The molecule has 0 radical (unpaired) electrons. The van der Waals surface area contributed by atoms with Gasteiger partial charge < -0.3 is 34.9 Å². The average molecular weight is 623 g/mol. The molecule has 216 valence electrons. The summed E-state index contributed by atoms with van der Waals surface area (Å²) < 4.78 is 30.3. The number of aliphatic hydroxyl groups is 2. The molecule has 6 rings (SSSR count). The predicted molar refractivity (Wildman–Crippen MR) is 149 cm³/mol. The van der Waals surface area contributed by atoms with Crippen LogP contribution in [-0.2, 0) is 20.3 Å². The molecule has 1 fully saturated rings. The first-order valence-electron chi connectivity index (χ1n) is 12.4. The summed E-state index contributed by atoms with van der Waals surface area (Å²) in [6.45, 7) is -0.473. The Kier molecular flexibility index (Phi) is 7.28. The van der Waals surface area contributed by atoms with Gasteiger partial charge in [-0.15, -0.1) is 0 Å². The third-order valence-corrected chi connectivity index (χ3v) is 10.8. The largest absolute Gasteiger partial charge is 0.387 e. The maximum atomic E-state index is 12.1. The van der Waals surface area contributed by atoms with Crippen LogP contribution < -0.4 is 10.4 Å². The van der Waals surface area contributed by atoms with E-state index in [-0.39, 0.29) is 10.9 Å². The Hall–Kier alpha value is -2.74. The van der Waals surface area contributed by atoms with Crippen molar-refractivity contribution in [3.63, 3.8) is 0 Å². The van der Waals surface area contributed by atoms with Crippen molar-refractivity contribution in [1.82, 2.24) is 24.6 Å². The lowest BCUT2D eigenvalue weighted by Gasteiger charge is -2.19. The Balaban J connectivity index is 1.24. The van der Waals surface area contributed by atoms with Crippen LogP contribution in [0.25, 0.3) is 22.3 Å². The molecule has 2 aliphatic rings. The van der Waals surface area contributed by atoms with Crippen molar-refractivity contribution in [1.29, 1.82) is 0 Å². The van der Waals surface area contributed by atoms with E-state index in [1.54, 1.807) is 0 Å². The van der Waals surface area contributed by atoms with E-state index in [1.807, 2.05) is 30.3 Å². The minimum atomic E-state index is -4.78. The summed E-state index contributed by atoms with van der Waals surface area (Å²) >= 11 is 6.24. The van der Waals surface area contributed by atoms with E-state index in [2.05, 4.69) is 37.5 Å². The predicted octanol–water partition coefficient (Wildman–Crippen LogP) is 2.32. The number of nitrogens with one attached hydrogen (secondary N) is 2. The summed E-state index contributed by atoms with van der Waals surface area (Å²) in [6, 6.07) is 14.2. The molecule has 0 bridgehead atoms. The monoisotopic (exact) mass is 622 g/mol. The standard InChI is InChI=1S/C24H25ClN6O8P2/c25-24-29-21(28-14-6-5-13-7-12-3-1-2-4-15(12)16(13)8-14)18-22(30-24)31(10-26-18)23-20(33)19(32)17(39-23)9-27-40(34,35)11-41(36,37)38/h1-6,8,10,17,19-20,23,32-33H,7,9,11H2,(H2,27,34,35)(H,28,29,30)(H2,36,37,38)/t17-,19?,20?,23-/m1/s1. The molecule has 2 aromatic heterocycles. The van der Waals surface area contributed by atoms with Gasteiger partial charge in [0.05, 0.1) is 6.33 Å². The van der Waals surface area contributed by atoms with Gasteiger partial charge in [0.2, 0.25) is 5.28 Å². The lowest BCUT2D eigenvalue weighted by Crippen LogP contribution is -2.37. The maximum Gasteiger partial charge on any atom is 0.336 e. The number of fused-ring (bicyclic) bond motifs is 4. The lowest BCUT2D eigenvalue weighted by molar-refractivity contribution is -0.0331. The van der Waals surface area contributed by atoms with Gasteiger partial charge in [-0.05, 0) is 52.4 Å². The van der Waals surface area contributed by atoms with E-state index >= 15 is 0 Å². The molecule has 0 saturated carbocycles. The number of ether oxygens (including phenoxy) is 1. The molecule has 14 nitrogen and oxygen atoms in total. The van der Waals surface area contributed by atoms with Gasteiger partial charge in [-0.25, -0.2) is 10.1 Å². The molecule has 0 spiro atoms. The number of rotatable bonds is 8. The van der Waals surface area contributed by atoms with E-state index < -0.39 is 52.1 Å². The smallest absolute Gasteiger partial charge is 0.336 e. The fourth-order valence-corrected chi connectivity index (χ4v) is 8.19. The zero-order chi connectivity index (χ0) is 29.1. The number of aromatic nitrogens is 4. The van der Waals surface area contributed by atoms with Gasteiger partial charge >= 0.3 is 7.60 Å². The number of hydrogen-bond acceptors (Lipinski definition) is 9. The summed E-state index contributed by atoms with van der Waals surface area (Å²) in [6.07, 6.45) is -3.23. The van der Waals surface area contributed by atoms with Crippen molar-refractivity contribution in [2.24, 2.45) is 0 Å². The molecule has 1 saturated heterocycles. The van der Waals surface area contributed by atoms with Crippen molar-refractivity contribution in [2.75, 3.05) is 17.8 Å². The van der Waals surface area contributed by atoms with Crippen LogP contribution in [0.3, 0.4) is 0 Å². The molecule has 0 amide bonds. The Morgan fingerprint density at radius 2 is 1.78 bits per heavy atom. The SMILES string of the molecule is O=P(O)(O)CP(=O)(O)NC[C@H]1O[C@@H](n2cnc3c(Nc4ccc5c(c4)-c4ccccc4C5)nc(Cl)nc32)C(O)C1O. The second-order valence-corrected chi connectivity index (χ2v) is 14.4. The first kappa shape index (κ1) is 28.4. The number of benzene rings is 2. The minimum absolute atomic E-state index is 0.113. The number of imidazole rings is 1. The molecule has 17 heteroatoms. The summed E-state index contributed by atoms with van der Waals surface area (Å²) in [5.41, 5.74) is 5.98. The molecule has 1 aliphatic carbocycles. The summed E-state index contributed by atoms with van der Waals surface area (Å²) in [5.74, 6) is -0.988. The van der Waals surface area contributed by atoms with Crippen LogP contribution in [0.4, 0.5) is 11.5 Å². The van der Waals surface area contributed by atoms with Gasteiger partial charge in [0.25, 0.3) is 7.52 Å². The second kappa shape index (κ2) is 10.5. The van der Waals surface area contributed by atoms with E-state index in [0.29, 0.717) is 11.3 Å². The van der Waals surface area contributed by atoms with Crippen LogP contribution in [0.5, 0.6) is 0 Å². The zero-order valence-corrected chi connectivity index (χ0v) is 23.6. The third-order valence-electron chi connectivity index (χ3n) is 6.98. The first-order chi connectivity index (χ1) is 19.4. The molecule has 4 aromatic rings. The molecule has 1 aliphatic heterocycles. The molecule has 3 unspecified atom stereocenters. The van der Waals surface area contributed by atoms with Gasteiger partial charge in [-0.3, -0.25) is 13.7 Å². The molecule has 2 aromatic carbocycles. The van der Waals surface area contributed by atoms with E-state index in [1.165, 1.54) is 22.0 Å². The number of halogens is 1. The highest BCUT2D eigenvalue weighted by Gasteiger charge is 2.45. The van der Waals surface area contributed by atoms with E-state index in [0.717, 1.165) is 23.2 Å². The second-order valence-electron chi connectivity index (χ2n) is 9.91. The average Bonchev–Trinajstić information content (AvgIpc) is 3.55. The number of anilines is 2. The van der Waals surface area contributed by atoms with Gasteiger partial charge in [-0.1, -0.05) is 30.3 Å². The van der Waals surface area contributed by atoms with Crippen molar-refractivity contribution >= 4 is 49.4 Å². The first-order valence-corrected chi connectivity index (χ1v) is 16.4. The van der Waals surface area contributed by atoms with Crippen molar-refractivity contribution in [2.45, 2.75) is 31.0 Å². The normalized spacial score (nSPS) is 23.4. The van der Waals surface area contributed by atoms with Gasteiger partial charge in [0.1, 0.15) is 24.2 Å². The molecule has 5 atom stereocenters. The van der Waals surface area contributed by atoms with Crippen LogP contribution in [-0.4, -0.2) is 75.2 Å². The van der Waals surface area contributed by atoms with Crippen LogP contribution in [0, 0.1) is 0 Å². The Bertz CT molecular complexity index is 1750.